The number of amides is 1. The molecule has 7 nitrogen and oxygen atoms in total. The van der Waals surface area contributed by atoms with Gasteiger partial charge in [0.1, 0.15) is 5.82 Å². The molecule has 1 amide bonds. The molecule has 0 spiro atoms. The van der Waals surface area contributed by atoms with Crippen molar-refractivity contribution in [1.29, 1.82) is 0 Å². The first-order valence-corrected chi connectivity index (χ1v) is 8.37. The van der Waals surface area contributed by atoms with Gasteiger partial charge in [-0.2, -0.15) is 15.0 Å². The van der Waals surface area contributed by atoms with Crippen LogP contribution in [0.3, 0.4) is 0 Å². The number of benzene rings is 1. The van der Waals surface area contributed by atoms with Crippen molar-refractivity contribution in [3.05, 3.63) is 30.1 Å². The average molecular weight is 342 g/mol. The van der Waals surface area contributed by atoms with Crippen LogP contribution in [0.1, 0.15) is 39.4 Å². The van der Waals surface area contributed by atoms with E-state index in [-0.39, 0.29) is 17.7 Å². The lowest BCUT2D eigenvalue weighted by Crippen LogP contribution is -2.17. The molecule has 0 saturated carbocycles. The Balaban J connectivity index is 2.17. The number of hydrogen-bond donors (Lipinski definition) is 2. The van der Waals surface area contributed by atoms with E-state index in [9.17, 15) is 4.79 Å². The first-order valence-electron chi connectivity index (χ1n) is 8.37. The van der Waals surface area contributed by atoms with Gasteiger partial charge in [0, 0.05) is 37.3 Å². The fraction of sp³-hybridized carbons (Fsp3) is 0.444. The van der Waals surface area contributed by atoms with E-state index in [2.05, 4.69) is 25.6 Å². The number of carbonyl (C=O) groups is 1. The smallest absolute Gasteiger partial charge is 0.232 e. The largest absolute Gasteiger partial charge is 0.347 e. The summed E-state index contributed by atoms with van der Waals surface area (Å²) < 4.78 is 0. The molecule has 0 aliphatic rings. The number of rotatable bonds is 6. The number of nitrogens with zero attached hydrogens (tertiary/aromatic N) is 4. The van der Waals surface area contributed by atoms with Crippen LogP contribution in [-0.2, 0) is 4.79 Å². The van der Waals surface area contributed by atoms with Crippen LogP contribution in [0.5, 0.6) is 0 Å². The second kappa shape index (κ2) is 7.92. The van der Waals surface area contributed by atoms with Crippen LogP contribution in [0.15, 0.2) is 24.3 Å². The highest BCUT2D eigenvalue weighted by Crippen LogP contribution is 2.20. The number of anilines is 4. The van der Waals surface area contributed by atoms with Gasteiger partial charge in [0.2, 0.25) is 17.8 Å². The van der Waals surface area contributed by atoms with E-state index in [1.807, 2.05) is 71.0 Å². The van der Waals surface area contributed by atoms with Crippen LogP contribution >= 0.6 is 0 Å². The molecule has 0 unspecified atom stereocenters. The van der Waals surface area contributed by atoms with Gasteiger partial charge in [0.05, 0.1) is 0 Å². The van der Waals surface area contributed by atoms with Gasteiger partial charge in [-0.25, -0.2) is 0 Å². The predicted molar refractivity (Wildman–Crippen MR) is 101 cm³/mol. The summed E-state index contributed by atoms with van der Waals surface area (Å²) in [5.74, 6) is 2.00. The van der Waals surface area contributed by atoms with Crippen molar-refractivity contribution in [2.45, 2.75) is 33.6 Å². The van der Waals surface area contributed by atoms with E-state index in [0.29, 0.717) is 11.9 Å². The Morgan fingerprint density at radius 3 is 2.08 bits per heavy atom. The molecule has 0 aliphatic heterocycles. The first-order chi connectivity index (χ1) is 11.8. The van der Waals surface area contributed by atoms with E-state index in [1.165, 1.54) is 0 Å². The van der Waals surface area contributed by atoms with Gasteiger partial charge in [-0.15, -0.1) is 0 Å². The topological polar surface area (TPSA) is 83.0 Å². The molecule has 0 saturated heterocycles. The van der Waals surface area contributed by atoms with Gasteiger partial charge in [0.25, 0.3) is 0 Å². The molecule has 1 aromatic carbocycles. The fourth-order valence-electron chi connectivity index (χ4n) is 1.95. The highest BCUT2D eigenvalue weighted by Gasteiger charge is 2.11. The lowest BCUT2D eigenvalue weighted by Gasteiger charge is -2.15. The van der Waals surface area contributed by atoms with Crippen molar-refractivity contribution < 1.29 is 4.79 Å². The van der Waals surface area contributed by atoms with E-state index in [0.717, 1.165) is 17.2 Å². The zero-order chi connectivity index (χ0) is 18.6. The molecule has 1 heterocycles. The average Bonchev–Trinajstić information content (AvgIpc) is 2.56. The van der Waals surface area contributed by atoms with Gasteiger partial charge in [-0.05, 0) is 24.3 Å². The Hall–Kier alpha value is -2.70. The molecule has 134 valence electrons. The van der Waals surface area contributed by atoms with E-state index in [1.54, 1.807) is 0 Å². The Morgan fingerprint density at radius 1 is 0.960 bits per heavy atom. The zero-order valence-corrected chi connectivity index (χ0v) is 15.7. The van der Waals surface area contributed by atoms with Crippen molar-refractivity contribution >= 4 is 29.2 Å². The second-order valence-electron chi connectivity index (χ2n) is 6.71. The summed E-state index contributed by atoms with van der Waals surface area (Å²) in [6.45, 7) is 7.82. The summed E-state index contributed by atoms with van der Waals surface area (Å²) in [6.07, 6.45) is 0. The molecule has 7 heteroatoms. The van der Waals surface area contributed by atoms with E-state index in [4.69, 9.17) is 0 Å². The van der Waals surface area contributed by atoms with Crippen LogP contribution in [0.4, 0.5) is 23.3 Å². The minimum Gasteiger partial charge on any atom is -0.347 e. The Labute approximate surface area is 148 Å². The molecular weight excluding hydrogens is 316 g/mol. The molecule has 2 aromatic rings. The molecule has 0 fully saturated rings. The quantitative estimate of drug-likeness (QED) is 0.837. The van der Waals surface area contributed by atoms with Crippen molar-refractivity contribution in [2.24, 2.45) is 5.92 Å². The van der Waals surface area contributed by atoms with Gasteiger partial charge in [-0.1, -0.05) is 27.7 Å². The Bertz CT molecular complexity index is 699. The van der Waals surface area contributed by atoms with Gasteiger partial charge >= 0.3 is 0 Å². The Morgan fingerprint density at radius 2 is 1.56 bits per heavy atom. The third-order valence-corrected chi connectivity index (χ3v) is 3.49. The highest BCUT2D eigenvalue weighted by molar-refractivity contribution is 5.92. The molecule has 0 radical (unpaired) electrons. The summed E-state index contributed by atoms with van der Waals surface area (Å²) in [4.78, 5) is 26.9. The summed E-state index contributed by atoms with van der Waals surface area (Å²) in [7, 11) is 3.80. The lowest BCUT2D eigenvalue weighted by molar-refractivity contribution is -0.118. The standard InChI is InChI=1S/C18H26N6O/c1-11(2)15-21-17(23-18(22-15)24(5)6)20-14-9-7-13(8-10-14)19-16(25)12(3)4/h7-12H,1-6H3,(H,19,25)(H,20,21,22,23). The normalized spacial score (nSPS) is 10.9. The van der Waals surface area contributed by atoms with Crippen molar-refractivity contribution in [2.75, 3.05) is 29.6 Å². The number of hydrogen-bond acceptors (Lipinski definition) is 6. The third-order valence-electron chi connectivity index (χ3n) is 3.49. The predicted octanol–water partition coefficient (Wildman–Crippen LogP) is 3.40. The summed E-state index contributed by atoms with van der Waals surface area (Å²) in [6, 6.07) is 7.45. The Kier molecular flexibility index (Phi) is 5.90. The zero-order valence-electron chi connectivity index (χ0n) is 15.7. The molecule has 0 aliphatic carbocycles. The molecule has 0 atom stereocenters. The van der Waals surface area contributed by atoms with Crippen molar-refractivity contribution in [3.63, 3.8) is 0 Å². The summed E-state index contributed by atoms with van der Waals surface area (Å²) >= 11 is 0. The van der Waals surface area contributed by atoms with E-state index < -0.39 is 0 Å². The van der Waals surface area contributed by atoms with E-state index >= 15 is 0 Å². The van der Waals surface area contributed by atoms with Gasteiger partial charge in [-0.3, -0.25) is 4.79 Å². The molecule has 2 N–H and O–H groups in total. The fourth-order valence-corrected chi connectivity index (χ4v) is 1.95. The van der Waals surface area contributed by atoms with Crippen LogP contribution in [-0.4, -0.2) is 35.0 Å². The molecular formula is C18H26N6O. The minimum atomic E-state index is -0.0538. The van der Waals surface area contributed by atoms with Crippen molar-refractivity contribution in [1.82, 2.24) is 15.0 Å². The molecule has 25 heavy (non-hydrogen) atoms. The van der Waals surface area contributed by atoms with Crippen LogP contribution < -0.4 is 15.5 Å². The number of nitrogens with one attached hydrogen (secondary N) is 2. The van der Waals surface area contributed by atoms with Crippen LogP contribution in [0.25, 0.3) is 0 Å². The van der Waals surface area contributed by atoms with Gasteiger partial charge in [0.15, 0.2) is 0 Å². The highest BCUT2D eigenvalue weighted by atomic mass is 16.1. The lowest BCUT2D eigenvalue weighted by atomic mass is 10.2. The van der Waals surface area contributed by atoms with Crippen molar-refractivity contribution in [3.8, 4) is 0 Å². The molecule has 2 rings (SSSR count). The third kappa shape index (κ3) is 5.14. The van der Waals surface area contributed by atoms with Crippen LogP contribution in [0, 0.1) is 5.92 Å². The van der Waals surface area contributed by atoms with Gasteiger partial charge < -0.3 is 15.5 Å². The summed E-state index contributed by atoms with van der Waals surface area (Å²) in [5, 5.41) is 6.06. The second-order valence-corrected chi connectivity index (χ2v) is 6.71. The number of carbonyl (C=O) groups excluding carboxylic acids is 1. The number of aromatic nitrogens is 3. The minimum absolute atomic E-state index is 0.00428. The molecule has 0 bridgehead atoms. The molecule has 1 aromatic heterocycles. The maximum atomic E-state index is 11.7. The SMILES string of the molecule is CC(C)C(=O)Nc1ccc(Nc2nc(C(C)C)nc(N(C)C)n2)cc1. The maximum absolute atomic E-state index is 11.7. The maximum Gasteiger partial charge on any atom is 0.232 e. The van der Waals surface area contributed by atoms with Crippen LogP contribution in [0.2, 0.25) is 0 Å². The summed E-state index contributed by atoms with van der Waals surface area (Å²) in [5.41, 5.74) is 1.60. The first kappa shape index (κ1) is 18.6. The monoisotopic (exact) mass is 342 g/mol.